The molecule has 0 radical (unpaired) electrons. The molecule has 0 aliphatic carbocycles. The fourth-order valence-electron chi connectivity index (χ4n) is 1.85. The first-order chi connectivity index (χ1) is 8.11. The maximum Gasteiger partial charge on any atom is 0.246 e. The number of aromatic nitrogens is 2. The van der Waals surface area contributed by atoms with E-state index >= 15 is 0 Å². The Labute approximate surface area is 98.2 Å². The number of rotatable bonds is 3. The standard InChI is InChI=1S/C10H14N4O3/c1-3-7-10(16)11-4-9(15)14(7)5-8-12-6(2)13-17-8/h7H,3-5H2,1-2H3,(H,11,16). The van der Waals surface area contributed by atoms with Crippen LogP contribution in [0.25, 0.3) is 0 Å². The number of nitrogens with zero attached hydrogens (tertiary/aromatic N) is 3. The SMILES string of the molecule is CCC1C(=O)NCC(=O)N1Cc1nc(C)no1. The van der Waals surface area contributed by atoms with E-state index in [1.807, 2.05) is 6.92 Å². The molecule has 0 aromatic carbocycles. The highest BCUT2D eigenvalue weighted by atomic mass is 16.5. The molecule has 1 fully saturated rings. The van der Waals surface area contributed by atoms with Gasteiger partial charge in [0.1, 0.15) is 12.6 Å². The smallest absolute Gasteiger partial charge is 0.246 e. The minimum Gasteiger partial charge on any atom is -0.345 e. The van der Waals surface area contributed by atoms with Crippen LogP contribution in [0.5, 0.6) is 0 Å². The molecule has 2 heterocycles. The third-order valence-electron chi connectivity index (χ3n) is 2.67. The molecular weight excluding hydrogens is 224 g/mol. The molecule has 0 spiro atoms. The van der Waals surface area contributed by atoms with Crippen LogP contribution >= 0.6 is 0 Å². The van der Waals surface area contributed by atoms with Gasteiger partial charge in [0.2, 0.25) is 17.7 Å². The van der Waals surface area contributed by atoms with Gasteiger partial charge in [-0.3, -0.25) is 9.59 Å². The molecule has 2 rings (SSSR count). The number of nitrogens with one attached hydrogen (secondary N) is 1. The first kappa shape index (κ1) is 11.6. The molecule has 7 heteroatoms. The lowest BCUT2D eigenvalue weighted by atomic mass is 10.1. The molecule has 7 nitrogen and oxygen atoms in total. The second kappa shape index (κ2) is 4.52. The number of aryl methyl sites for hydroxylation is 1. The van der Waals surface area contributed by atoms with Crippen molar-refractivity contribution < 1.29 is 14.1 Å². The predicted molar refractivity (Wildman–Crippen MR) is 56.7 cm³/mol. The van der Waals surface area contributed by atoms with Crippen LogP contribution in [0.1, 0.15) is 25.1 Å². The molecule has 0 saturated carbocycles. The summed E-state index contributed by atoms with van der Waals surface area (Å²) in [6.07, 6.45) is 0.560. The van der Waals surface area contributed by atoms with Gasteiger partial charge in [-0.1, -0.05) is 12.1 Å². The maximum atomic E-state index is 11.7. The summed E-state index contributed by atoms with van der Waals surface area (Å²) in [4.78, 5) is 28.9. The Morgan fingerprint density at radius 1 is 1.53 bits per heavy atom. The summed E-state index contributed by atoms with van der Waals surface area (Å²) >= 11 is 0. The Hall–Kier alpha value is -1.92. The van der Waals surface area contributed by atoms with Gasteiger partial charge in [0.15, 0.2) is 5.82 Å². The lowest BCUT2D eigenvalue weighted by Gasteiger charge is -2.33. The molecule has 1 atom stereocenters. The van der Waals surface area contributed by atoms with Crippen LogP contribution < -0.4 is 5.32 Å². The molecule has 2 amide bonds. The predicted octanol–water partition coefficient (Wildman–Crippen LogP) is -0.385. The second-order valence-electron chi connectivity index (χ2n) is 3.90. The van der Waals surface area contributed by atoms with E-state index in [1.165, 1.54) is 4.90 Å². The molecule has 1 aliphatic heterocycles. The fraction of sp³-hybridized carbons (Fsp3) is 0.600. The zero-order valence-electron chi connectivity index (χ0n) is 9.77. The van der Waals surface area contributed by atoms with E-state index in [2.05, 4.69) is 15.5 Å². The van der Waals surface area contributed by atoms with Gasteiger partial charge in [-0.05, 0) is 13.3 Å². The van der Waals surface area contributed by atoms with Crippen LogP contribution in [0.15, 0.2) is 4.52 Å². The lowest BCUT2D eigenvalue weighted by Crippen LogP contribution is -2.57. The van der Waals surface area contributed by atoms with E-state index in [9.17, 15) is 9.59 Å². The van der Waals surface area contributed by atoms with Crippen LogP contribution in [-0.4, -0.2) is 39.4 Å². The molecule has 92 valence electrons. The maximum absolute atomic E-state index is 11.7. The van der Waals surface area contributed by atoms with Crippen LogP contribution in [0.2, 0.25) is 0 Å². The number of hydrogen-bond acceptors (Lipinski definition) is 5. The molecule has 0 bridgehead atoms. The van der Waals surface area contributed by atoms with Gasteiger partial charge in [-0.15, -0.1) is 0 Å². The molecule has 1 unspecified atom stereocenters. The van der Waals surface area contributed by atoms with Crippen molar-refractivity contribution in [1.82, 2.24) is 20.4 Å². The van der Waals surface area contributed by atoms with E-state index in [4.69, 9.17) is 4.52 Å². The first-order valence-electron chi connectivity index (χ1n) is 5.48. The number of amides is 2. The Balaban J connectivity index is 2.15. The van der Waals surface area contributed by atoms with Crippen molar-refractivity contribution in [3.63, 3.8) is 0 Å². The third kappa shape index (κ3) is 2.27. The van der Waals surface area contributed by atoms with E-state index in [-0.39, 0.29) is 24.9 Å². The zero-order valence-corrected chi connectivity index (χ0v) is 9.77. The van der Waals surface area contributed by atoms with Crippen molar-refractivity contribution >= 4 is 11.8 Å². The summed E-state index contributed by atoms with van der Waals surface area (Å²) in [5.41, 5.74) is 0. The molecule has 17 heavy (non-hydrogen) atoms. The van der Waals surface area contributed by atoms with Crippen LogP contribution in [0.3, 0.4) is 0 Å². The highest BCUT2D eigenvalue weighted by Gasteiger charge is 2.33. The number of piperazine rings is 1. The van der Waals surface area contributed by atoms with Crippen LogP contribution in [-0.2, 0) is 16.1 Å². The Morgan fingerprint density at radius 2 is 2.29 bits per heavy atom. The van der Waals surface area contributed by atoms with Crippen molar-refractivity contribution in [2.24, 2.45) is 0 Å². The first-order valence-corrected chi connectivity index (χ1v) is 5.48. The third-order valence-corrected chi connectivity index (χ3v) is 2.67. The summed E-state index contributed by atoms with van der Waals surface area (Å²) in [6, 6.07) is -0.455. The van der Waals surface area contributed by atoms with Crippen molar-refractivity contribution in [2.75, 3.05) is 6.54 Å². The van der Waals surface area contributed by atoms with Gasteiger partial charge in [0.25, 0.3) is 0 Å². The quantitative estimate of drug-likeness (QED) is 0.775. The number of hydrogen-bond donors (Lipinski definition) is 1. The van der Waals surface area contributed by atoms with Gasteiger partial charge in [-0.25, -0.2) is 0 Å². The Bertz CT molecular complexity index is 443. The summed E-state index contributed by atoms with van der Waals surface area (Å²) in [5, 5.41) is 6.21. The highest BCUT2D eigenvalue weighted by molar-refractivity contribution is 5.94. The average Bonchev–Trinajstić information content (AvgIpc) is 2.70. The molecular formula is C10H14N4O3. The van der Waals surface area contributed by atoms with Crippen LogP contribution in [0.4, 0.5) is 0 Å². The van der Waals surface area contributed by atoms with Crippen molar-refractivity contribution in [3.05, 3.63) is 11.7 Å². The van der Waals surface area contributed by atoms with Gasteiger partial charge in [0.05, 0.1) is 6.54 Å². The Morgan fingerprint density at radius 3 is 2.88 bits per heavy atom. The largest absolute Gasteiger partial charge is 0.345 e. The summed E-state index contributed by atoms with van der Waals surface area (Å²) in [5.74, 6) is 0.599. The van der Waals surface area contributed by atoms with Crippen molar-refractivity contribution in [2.45, 2.75) is 32.9 Å². The van der Waals surface area contributed by atoms with Gasteiger partial charge >= 0.3 is 0 Å². The topological polar surface area (TPSA) is 88.3 Å². The lowest BCUT2D eigenvalue weighted by molar-refractivity contribution is -0.146. The van der Waals surface area contributed by atoms with Crippen molar-refractivity contribution in [1.29, 1.82) is 0 Å². The normalized spacial score (nSPS) is 20.6. The van der Waals surface area contributed by atoms with E-state index in [0.29, 0.717) is 18.1 Å². The monoisotopic (exact) mass is 238 g/mol. The van der Waals surface area contributed by atoms with E-state index in [1.54, 1.807) is 6.92 Å². The summed E-state index contributed by atoms with van der Waals surface area (Å²) in [6.45, 7) is 3.78. The minimum absolute atomic E-state index is 0.0302. The molecule has 1 aliphatic rings. The van der Waals surface area contributed by atoms with Crippen LogP contribution in [0, 0.1) is 6.92 Å². The van der Waals surface area contributed by atoms with Crippen molar-refractivity contribution in [3.8, 4) is 0 Å². The second-order valence-corrected chi connectivity index (χ2v) is 3.90. The van der Waals surface area contributed by atoms with E-state index < -0.39 is 6.04 Å². The summed E-state index contributed by atoms with van der Waals surface area (Å²) in [7, 11) is 0. The van der Waals surface area contributed by atoms with Gasteiger partial charge in [0, 0.05) is 0 Å². The fourth-order valence-corrected chi connectivity index (χ4v) is 1.85. The molecule has 1 aromatic rings. The zero-order chi connectivity index (χ0) is 12.4. The summed E-state index contributed by atoms with van der Waals surface area (Å²) < 4.78 is 4.96. The molecule has 1 N–H and O–H groups in total. The highest BCUT2D eigenvalue weighted by Crippen LogP contribution is 2.13. The number of carbonyl (C=O) groups excluding carboxylic acids is 2. The Kier molecular flexibility index (Phi) is 3.08. The van der Waals surface area contributed by atoms with Gasteiger partial charge < -0.3 is 14.7 Å². The van der Waals surface area contributed by atoms with Gasteiger partial charge in [-0.2, -0.15) is 4.98 Å². The minimum atomic E-state index is -0.455. The molecule has 1 saturated heterocycles. The molecule has 1 aromatic heterocycles. The average molecular weight is 238 g/mol. The number of carbonyl (C=O) groups is 2. The van der Waals surface area contributed by atoms with E-state index in [0.717, 1.165) is 0 Å².